The third-order valence-corrected chi connectivity index (χ3v) is 6.52. The Balaban J connectivity index is 1.29. The highest BCUT2D eigenvalue weighted by Crippen LogP contribution is 2.45. The number of benzene rings is 1. The Kier molecular flexibility index (Phi) is 4.46. The fourth-order valence-corrected chi connectivity index (χ4v) is 4.42. The molecule has 1 N–H and O–H groups in total. The minimum absolute atomic E-state index is 0.377. The van der Waals surface area contributed by atoms with Gasteiger partial charge in [-0.3, -0.25) is 9.67 Å². The Bertz CT molecular complexity index is 1190. The first-order chi connectivity index (χ1) is 15.3. The Morgan fingerprint density at radius 1 is 1.19 bits per heavy atom. The zero-order chi connectivity index (χ0) is 20.8. The molecule has 156 valence electrons. The van der Waals surface area contributed by atoms with Gasteiger partial charge in [-0.2, -0.15) is 10.4 Å². The first-order valence-corrected chi connectivity index (χ1v) is 11.0. The van der Waals surface area contributed by atoms with E-state index in [0.29, 0.717) is 23.9 Å². The molecule has 2 aliphatic carbocycles. The smallest absolute Gasteiger partial charge is 0.0927 e. The van der Waals surface area contributed by atoms with E-state index in [2.05, 4.69) is 39.4 Å². The maximum absolute atomic E-state index is 8.73. The molecule has 1 aromatic carbocycles. The highest BCUT2D eigenvalue weighted by atomic mass is 16.5. The number of aromatic nitrogens is 4. The van der Waals surface area contributed by atoms with Crippen molar-refractivity contribution in [3.8, 4) is 17.3 Å². The van der Waals surface area contributed by atoms with Crippen molar-refractivity contribution < 1.29 is 4.74 Å². The second-order valence-corrected chi connectivity index (χ2v) is 8.89. The van der Waals surface area contributed by atoms with E-state index < -0.39 is 0 Å². The van der Waals surface area contributed by atoms with E-state index in [9.17, 15) is 0 Å². The van der Waals surface area contributed by atoms with Gasteiger partial charge in [0.05, 0.1) is 60.0 Å². The van der Waals surface area contributed by atoms with Gasteiger partial charge in [-0.1, -0.05) is 6.08 Å². The summed E-state index contributed by atoms with van der Waals surface area (Å²) in [6, 6.07) is 9.00. The Morgan fingerprint density at radius 3 is 2.81 bits per heavy atom. The molecule has 0 bridgehead atoms. The van der Waals surface area contributed by atoms with Crippen LogP contribution in [0.25, 0.3) is 22.3 Å². The molecule has 1 saturated heterocycles. The van der Waals surface area contributed by atoms with E-state index in [0.717, 1.165) is 59.7 Å². The molecule has 6 rings (SSSR count). The average molecular weight is 412 g/mol. The predicted octanol–water partition coefficient (Wildman–Crippen LogP) is 4.21. The third kappa shape index (κ3) is 3.57. The van der Waals surface area contributed by atoms with Gasteiger partial charge in [0.15, 0.2) is 0 Å². The number of fused-ring (bicyclic) bond motifs is 1. The third-order valence-electron chi connectivity index (χ3n) is 6.52. The van der Waals surface area contributed by atoms with Crippen molar-refractivity contribution in [2.24, 2.45) is 5.92 Å². The molecule has 3 aliphatic rings. The highest BCUT2D eigenvalue weighted by Gasteiger charge is 2.34. The van der Waals surface area contributed by atoms with Crippen LogP contribution in [0.1, 0.15) is 43.3 Å². The Hall–Kier alpha value is -3.24. The summed E-state index contributed by atoms with van der Waals surface area (Å²) < 4.78 is 7.38. The number of ether oxygens (including phenoxy) is 1. The van der Waals surface area contributed by atoms with E-state index in [1.165, 1.54) is 12.8 Å². The molecule has 3 fully saturated rings. The number of allylic oxidation sites excluding steroid dienone is 2. The van der Waals surface area contributed by atoms with Crippen LogP contribution < -0.4 is 5.32 Å². The largest absolute Gasteiger partial charge is 0.378 e. The molecule has 0 unspecified atom stereocenters. The van der Waals surface area contributed by atoms with Gasteiger partial charge in [0, 0.05) is 29.4 Å². The van der Waals surface area contributed by atoms with Crippen molar-refractivity contribution in [1.29, 1.82) is 5.26 Å². The second kappa shape index (κ2) is 7.47. The Labute approximate surface area is 180 Å². The summed E-state index contributed by atoms with van der Waals surface area (Å²) in [5.41, 5.74) is 6.00. The van der Waals surface area contributed by atoms with Crippen molar-refractivity contribution in [3.63, 3.8) is 0 Å². The monoisotopic (exact) mass is 412 g/mol. The van der Waals surface area contributed by atoms with Crippen molar-refractivity contribution >= 4 is 16.7 Å². The first-order valence-electron chi connectivity index (χ1n) is 11.0. The molecule has 0 amide bonds. The summed E-state index contributed by atoms with van der Waals surface area (Å²) in [6.07, 6.45) is 12.1. The van der Waals surface area contributed by atoms with Gasteiger partial charge in [0.1, 0.15) is 0 Å². The normalized spacial score (nSPS) is 23.5. The maximum atomic E-state index is 8.73. The Morgan fingerprint density at radius 2 is 2.06 bits per heavy atom. The lowest BCUT2D eigenvalue weighted by Gasteiger charge is -2.33. The summed E-state index contributed by atoms with van der Waals surface area (Å²) in [5.74, 6) is 1.02. The summed E-state index contributed by atoms with van der Waals surface area (Å²) >= 11 is 0. The van der Waals surface area contributed by atoms with Gasteiger partial charge >= 0.3 is 0 Å². The van der Waals surface area contributed by atoms with Crippen molar-refractivity contribution in [2.45, 2.75) is 43.7 Å². The number of anilines is 1. The fourth-order valence-electron chi connectivity index (χ4n) is 4.42. The van der Waals surface area contributed by atoms with Gasteiger partial charge < -0.3 is 10.1 Å². The number of nitriles is 1. The molecule has 2 saturated carbocycles. The molecule has 3 heterocycles. The van der Waals surface area contributed by atoms with Crippen LogP contribution in [-0.2, 0) is 4.74 Å². The summed E-state index contributed by atoms with van der Waals surface area (Å²) in [4.78, 5) is 9.64. The zero-order valence-corrected chi connectivity index (χ0v) is 17.2. The maximum Gasteiger partial charge on any atom is 0.0927 e. The van der Waals surface area contributed by atoms with E-state index in [-0.39, 0.29) is 0 Å². The standard InChI is InChI=1S/C24H24N6O/c25-7-1-2-15-8-19(9-15)30-12-20(24(29-30)16-3-4-16)23-11-26-21-6-5-17(10-22(21)28-23)27-18-13-31-14-18/h1-2,5-6,10-12,15-16,18-19,27H,3-4,8-9,13-14H2/b2-1+. The van der Waals surface area contributed by atoms with E-state index in [1.807, 2.05) is 18.3 Å². The van der Waals surface area contributed by atoms with Crippen LogP contribution in [0.15, 0.2) is 42.7 Å². The quantitative estimate of drug-likeness (QED) is 0.610. The van der Waals surface area contributed by atoms with Gasteiger partial charge in [0.2, 0.25) is 0 Å². The molecule has 3 aromatic rings. The van der Waals surface area contributed by atoms with Gasteiger partial charge in [-0.25, -0.2) is 4.98 Å². The lowest BCUT2D eigenvalue weighted by molar-refractivity contribution is 0.0211. The number of nitrogens with one attached hydrogen (secondary N) is 1. The molecular weight excluding hydrogens is 388 g/mol. The van der Waals surface area contributed by atoms with Gasteiger partial charge in [-0.15, -0.1) is 0 Å². The van der Waals surface area contributed by atoms with Crippen molar-refractivity contribution in [1.82, 2.24) is 19.7 Å². The highest BCUT2D eigenvalue weighted by molar-refractivity contribution is 5.81. The summed E-state index contributed by atoms with van der Waals surface area (Å²) in [6.45, 7) is 1.50. The van der Waals surface area contributed by atoms with Crippen molar-refractivity contribution in [2.75, 3.05) is 18.5 Å². The van der Waals surface area contributed by atoms with Gasteiger partial charge in [-0.05, 0) is 49.8 Å². The zero-order valence-electron chi connectivity index (χ0n) is 17.2. The molecular formula is C24H24N6O. The summed E-state index contributed by atoms with van der Waals surface area (Å²) in [5, 5.41) is 17.2. The van der Waals surface area contributed by atoms with E-state index >= 15 is 0 Å². The van der Waals surface area contributed by atoms with Crippen LogP contribution in [0.4, 0.5) is 5.69 Å². The van der Waals surface area contributed by atoms with Gasteiger partial charge in [0.25, 0.3) is 0 Å². The lowest BCUT2D eigenvalue weighted by atomic mass is 9.80. The lowest BCUT2D eigenvalue weighted by Crippen LogP contribution is -2.40. The molecule has 2 aromatic heterocycles. The second-order valence-electron chi connectivity index (χ2n) is 8.89. The molecule has 7 nitrogen and oxygen atoms in total. The molecule has 1 aliphatic heterocycles. The van der Waals surface area contributed by atoms with Crippen LogP contribution in [-0.4, -0.2) is 39.0 Å². The minimum atomic E-state index is 0.377. The molecule has 7 heteroatoms. The number of hydrogen-bond acceptors (Lipinski definition) is 6. The topological polar surface area (TPSA) is 88.7 Å². The van der Waals surface area contributed by atoms with Crippen LogP contribution >= 0.6 is 0 Å². The first kappa shape index (κ1) is 18.5. The van der Waals surface area contributed by atoms with Crippen LogP contribution in [0.2, 0.25) is 0 Å². The predicted molar refractivity (Wildman–Crippen MR) is 117 cm³/mol. The number of nitrogens with zero attached hydrogens (tertiary/aromatic N) is 5. The van der Waals surface area contributed by atoms with Crippen LogP contribution in [0, 0.1) is 17.2 Å². The van der Waals surface area contributed by atoms with Crippen LogP contribution in [0.3, 0.4) is 0 Å². The van der Waals surface area contributed by atoms with Crippen molar-refractivity contribution in [3.05, 3.63) is 48.4 Å². The minimum Gasteiger partial charge on any atom is -0.378 e. The summed E-state index contributed by atoms with van der Waals surface area (Å²) in [7, 11) is 0. The van der Waals surface area contributed by atoms with E-state index in [4.69, 9.17) is 20.1 Å². The molecule has 0 atom stereocenters. The average Bonchev–Trinajstić information content (AvgIpc) is 3.48. The van der Waals surface area contributed by atoms with Crippen LogP contribution in [0.5, 0.6) is 0 Å². The molecule has 0 spiro atoms. The number of hydrogen-bond donors (Lipinski definition) is 1. The number of rotatable bonds is 6. The molecule has 31 heavy (non-hydrogen) atoms. The van der Waals surface area contributed by atoms with E-state index in [1.54, 1.807) is 6.08 Å². The fraction of sp³-hybridized carbons (Fsp3) is 0.417. The SMILES string of the molecule is N#C/C=C/C1CC(n2cc(-c3cnc4ccc(NC5COC5)cc4n3)c(C3CC3)n2)C1. The molecule has 0 radical (unpaired) electrons.